The largest absolute Gasteiger partial charge is 0.353 e. The van der Waals surface area contributed by atoms with Crippen molar-refractivity contribution in [3.8, 4) is 33.9 Å². The first kappa shape index (κ1) is 22.9. The minimum absolute atomic E-state index is 0.0294. The highest BCUT2D eigenvalue weighted by Gasteiger charge is 2.16. The maximum atomic E-state index is 14.5. The molecule has 37 heavy (non-hydrogen) atoms. The molecule has 5 aromatic heterocycles. The quantitative estimate of drug-likeness (QED) is 0.307. The third-order valence-electron chi connectivity index (χ3n) is 5.85. The molecule has 6 aromatic rings. The van der Waals surface area contributed by atoms with Crippen molar-refractivity contribution in [3.63, 3.8) is 0 Å². The van der Waals surface area contributed by atoms with E-state index in [1.165, 1.54) is 12.1 Å². The second-order valence-corrected chi connectivity index (χ2v) is 10.4. The second kappa shape index (κ2) is 8.84. The third kappa shape index (κ3) is 4.55. The molecule has 0 aliphatic heterocycles. The molecular formula is C25H19FN8O2S. The number of aromatic nitrogens is 7. The molecule has 3 N–H and O–H groups in total. The smallest absolute Gasteiger partial charge is 0.209 e. The van der Waals surface area contributed by atoms with Crippen LogP contribution in [0, 0.1) is 5.82 Å². The highest BCUT2D eigenvalue weighted by molar-refractivity contribution is 7.88. The van der Waals surface area contributed by atoms with E-state index in [2.05, 4.69) is 39.8 Å². The van der Waals surface area contributed by atoms with Gasteiger partial charge in [-0.05, 0) is 42.0 Å². The van der Waals surface area contributed by atoms with E-state index >= 15 is 0 Å². The average molecular weight is 515 g/mol. The average Bonchev–Trinajstić information content (AvgIpc) is 3.51. The van der Waals surface area contributed by atoms with Crippen molar-refractivity contribution in [2.75, 3.05) is 6.26 Å². The predicted octanol–water partition coefficient (Wildman–Crippen LogP) is 3.81. The zero-order chi connectivity index (χ0) is 25.6. The van der Waals surface area contributed by atoms with E-state index in [0.29, 0.717) is 33.9 Å². The molecule has 0 atom stereocenters. The Morgan fingerprint density at radius 2 is 1.81 bits per heavy atom. The number of sulfonamides is 1. The van der Waals surface area contributed by atoms with Gasteiger partial charge in [0.1, 0.15) is 11.5 Å². The van der Waals surface area contributed by atoms with Gasteiger partial charge in [-0.2, -0.15) is 5.10 Å². The minimum Gasteiger partial charge on any atom is -0.353 e. The first-order chi connectivity index (χ1) is 17.8. The van der Waals surface area contributed by atoms with Gasteiger partial charge >= 0.3 is 0 Å². The van der Waals surface area contributed by atoms with Crippen molar-refractivity contribution in [2.24, 2.45) is 0 Å². The predicted molar refractivity (Wildman–Crippen MR) is 137 cm³/mol. The minimum atomic E-state index is -3.42. The van der Waals surface area contributed by atoms with Crippen LogP contribution in [0.3, 0.4) is 0 Å². The topological polar surface area (TPSA) is 142 Å². The lowest BCUT2D eigenvalue weighted by molar-refractivity contribution is 0.586. The maximum Gasteiger partial charge on any atom is 0.209 e. The summed E-state index contributed by atoms with van der Waals surface area (Å²) in [4.78, 5) is 20.8. The Morgan fingerprint density at radius 1 is 0.919 bits per heavy atom. The van der Waals surface area contributed by atoms with Crippen LogP contribution in [0.25, 0.3) is 55.8 Å². The van der Waals surface area contributed by atoms with Gasteiger partial charge in [0.25, 0.3) is 0 Å². The van der Waals surface area contributed by atoms with Gasteiger partial charge in [-0.25, -0.2) is 22.5 Å². The standard InChI is InChI=1S/C25H19FN8O2S/c1-37(35,36)31-11-14-6-15(8-17(26)7-14)23-18-10-21(32-20(18)2-3-29-23)24-19-9-16(12-30-25(19)34-33-24)22-13-27-4-5-28-22/h2-10,12-13,31-32H,11H2,1H3,(H,30,33,34). The number of fused-ring (bicyclic) bond motifs is 2. The summed E-state index contributed by atoms with van der Waals surface area (Å²) in [7, 11) is -3.42. The van der Waals surface area contributed by atoms with Crippen LogP contribution < -0.4 is 4.72 Å². The van der Waals surface area contributed by atoms with Crippen LogP contribution in [0.15, 0.2) is 67.4 Å². The molecule has 0 aliphatic carbocycles. The fourth-order valence-electron chi connectivity index (χ4n) is 4.21. The van der Waals surface area contributed by atoms with Crippen LogP contribution in [0.4, 0.5) is 4.39 Å². The molecule has 0 aliphatic rings. The zero-order valence-corrected chi connectivity index (χ0v) is 20.2. The van der Waals surface area contributed by atoms with Gasteiger partial charge in [-0.3, -0.25) is 20.1 Å². The van der Waals surface area contributed by atoms with Crippen molar-refractivity contribution >= 4 is 32.0 Å². The summed E-state index contributed by atoms with van der Waals surface area (Å²) in [5.74, 6) is -0.488. The van der Waals surface area contributed by atoms with E-state index in [1.54, 1.807) is 37.1 Å². The van der Waals surface area contributed by atoms with E-state index < -0.39 is 15.8 Å². The summed E-state index contributed by atoms with van der Waals surface area (Å²) in [6.07, 6.45) is 9.30. The zero-order valence-electron chi connectivity index (χ0n) is 19.4. The molecule has 0 spiro atoms. The number of rotatable bonds is 6. The number of nitrogens with one attached hydrogen (secondary N) is 3. The van der Waals surface area contributed by atoms with E-state index in [0.717, 1.165) is 33.8 Å². The Kier molecular flexibility index (Phi) is 5.46. The highest BCUT2D eigenvalue weighted by Crippen LogP contribution is 2.34. The van der Waals surface area contributed by atoms with Crippen LogP contribution in [0.2, 0.25) is 0 Å². The van der Waals surface area contributed by atoms with Crippen molar-refractivity contribution in [2.45, 2.75) is 6.54 Å². The molecule has 1 aromatic carbocycles. The lowest BCUT2D eigenvalue weighted by atomic mass is 10.0. The fourth-order valence-corrected chi connectivity index (χ4v) is 4.64. The van der Waals surface area contributed by atoms with E-state index in [-0.39, 0.29) is 6.54 Å². The van der Waals surface area contributed by atoms with Gasteiger partial charge in [0.2, 0.25) is 10.0 Å². The molecule has 0 saturated heterocycles. The molecule has 0 amide bonds. The van der Waals surface area contributed by atoms with Crippen LogP contribution in [0.5, 0.6) is 0 Å². The van der Waals surface area contributed by atoms with Gasteiger partial charge in [0.05, 0.1) is 29.5 Å². The summed E-state index contributed by atoms with van der Waals surface area (Å²) in [6.45, 7) is -0.0294. The van der Waals surface area contributed by atoms with Crippen LogP contribution in [-0.4, -0.2) is 49.8 Å². The van der Waals surface area contributed by atoms with Crippen molar-refractivity contribution in [1.29, 1.82) is 0 Å². The molecule has 0 fully saturated rings. The van der Waals surface area contributed by atoms with Gasteiger partial charge in [-0.1, -0.05) is 0 Å². The van der Waals surface area contributed by atoms with Crippen LogP contribution >= 0.6 is 0 Å². The van der Waals surface area contributed by atoms with Gasteiger partial charge in [0, 0.05) is 58.7 Å². The molecule has 0 saturated carbocycles. The van der Waals surface area contributed by atoms with E-state index in [4.69, 9.17) is 0 Å². The molecule has 0 bridgehead atoms. The number of nitrogens with zero attached hydrogens (tertiary/aromatic N) is 5. The number of halogens is 1. The molecule has 12 heteroatoms. The van der Waals surface area contributed by atoms with Crippen molar-refractivity contribution < 1.29 is 12.8 Å². The van der Waals surface area contributed by atoms with Gasteiger partial charge in [-0.15, -0.1) is 0 Å². The van der Waals surface area contributed by atoms with Gasteiger partial charge < -0.3 is 4.98 Å². The van der Waals surface area contributed by atoms with Crippen LogP contribution in [0.1, 0.15) is 5.56 Å². The molecule has 5 heterocycles. The third-order valence-corrected chi connectivity index (χ3v) is 6.52. The molecule has 184 valence electrons. The number of benzene rings is 1. The Hall–Kier alpha value is -4.55. The SMILES string of the molecule is CS(=O)(=O)NCc1cc(F)cc(-c2nccc3[nH]c(-c4n[nH]c5ncc(-c6cnccn6)cc45)cc23)c1. The highest BCUT2D eigenvalue weighted by atomic mass is 32.2. The Morgan fingerprint density at radius 3 is 2.62 bits per heavy atom. The number of hydrogen-bond acceptors (Lipinski definition) is 7. The normalized spacial score (nSPS) is 11.9. The fraction of sp³-hybridized carbons (Fsp3) is 0.0800. The van der Waals surface area contributed by atoms with Crippen molar-refractivity contribution in [3.05, 3.63) is 78.8 Å². The number of aromatic amines is 2. The maximum absolute atomic E-state index is 14.5. The van der Waals surface area contributed by atoms with Gasteiger partial charge in [0.15, 0.2) is 5.65 Å². The molecule has 6 rings (SSSR count). The molecule has 0 unspecified atom stereocenters. The number of H-pyrrole nitrogens is 2. The van der Waals surface area contributed by atoms with E-state index in [9.17, 15) is 12.8 Å². The molecular weight excluding hydrogens is 495 g/mol. The number of hydrogen-bond donors (Lipinski definition) is 3. The van der Waals surface area contributed by atoms with E-state index in [1.807, 2.05) is 18.2 Å². The Balaban J connectivity index is 1.44. The summed E-state index contributed by atoms with van der Waals surface area (Å²) in [5.41, 5.74) is 5.85. The first-order valence-electron chi connectivity index (χ1n) is 11.2. The summed E-state index contributed by atoms with van der Waals surface area (Å²) >= 11 is 0. The molecule has 0 radical (unpaired) electrons. The molecule has 10 nitrogen and oxygen atoms in total. The summed E-state index contributed by atoms with van der Waals surface area (Å²) in [5, 5.41) is 8.99. The second-order valence-electron chi connectivity index (χ2n) is 8.53. The monoisotopic (exact) mass is 514 g/mol. The Labute approximate surface area is 210 Å². The first-order valence-corrected chi connectivity index (χ1v) is 13.1. The number of pyridine rings is 2. The van der Waals surface area contributed by atoms with Crippen molar-refractivity contribution in [1.82, 2.24) is 39.8 Å². The Bertz CT molecular complexity index is 1880. The summed E-state index contributed by atoms with van der Waals surface area (Å²) in [6, 6.07) is 10.1. The summed E-state index contributed by atoms with van der Waals surface area (Å²) < 4.78 is 39.8. The lowest BCUT2D eigenvalue weighted by Crippen LogP contribution is -2.21. The lowest BCUT2D eigenvalue weighted by Gasteiger charge is -2.07. The van der Waals surface area contributed by atoms with Crippen LogP contribution in [-0.2, 0) is 16.6 Å².